The van der Waals surface area contributed by atoms with E-state index in [0.717, 1.165) is 19.4 Å². The highest BCUT2D eigenvalue weighted by Crippen LogP contribution is 2.36. The molecule has 118 valence electrons. The summed E-state index contributed by atoms with van der Waals surface area (Å²) in [6.45, 7) is 5.31. The zero-order chi connectivity index (χ0) is 15.6. The molecule has 0 radical (unpaired) electrons. The third-order valence-electron chi connectivity index (χ3n) is 4.28. The van der Waals surface area contributed by atoms with Crippen molar-refractivity contribution in [3.63, 3.8) is 0 Å². The Bertz CT molecular complexity index is 485. The van der Waals surface area contributed by atoms with E-state index in [1.165, 1.54) is 6.07 Å². The number of nitrogens with two attached hydrogens (primary N) is 1. The summed E-state index contributed by atoms with van der Waals surface area (Å²) >= 11 is 0. The minimum Gasteiger partial charge on any atom is -0.369 e. The van der Waals surface area contributed by atoms with Crippen LogP contribution in [0.25, 0.3) is 0 Å². The Morgan fingerprint density at radius 1 is 1.29 bits per heavy atom. The van der Waals surface area contributed by atoms with Crippen LogP contribution in [0.1, 0.15) is 37.8 Å². The molecule has 0 aliphatic carbocycles. The summed E-state index contributed by atoms with van der Waals surface area (Å²) in [6, 6.07) is 4.94. The highest BCUT2D eigenvalue weighted by Gasteiger charge is 2.34. The first-order valence-electron chi connectivity index (χ1n) is 7.49. The average molecular weight is 300 g/mol. The predicted molar refractivity (Wildman–Crippen MR) is 79.4 cm³/mol. The largest absolute Gasteiger partial charge is 0.416 e. The molecule has 21 heavy (non-hydrogen) atoms. The van der Waals surface area contributed by atoms with Crippen LogP contribution in [-0.4, -0.2) is 19.1 Å². The van der Waals surface area contributed by atoms with E-state index in [2.05, 4.69) is 18.7 Å². The Hall–Kier alpha value is -1.23. The van der Waals surface area contributed by atoms with Crippen molar-refractivity contribution in [1.29, 1.82) is 0 Å². The molecule has 1 aliphatic rings. The summed E-state index contributed by atoms with van der Waals surface area (Å²) in [5.74, 6) is 0.634. The molecule has 0 bridgehead atoms. The van der Waals surface area contributed by atoms with Gasteiger partial charge in [-0.1, -0.05) is 13.0 Å². The number of rotatable bonds is 3. The van der Waals surface area contributed by atoms with Gasteiger partial charge in [0.25, 0.3) is 0 Å². The SMILES string of the molecule is CC1CCN(c2ccc(CCN)c(C(F)(F)F)c2)C(C)C1. The molecule has 2 rings (SSSR count). The first-order chi connectivity index (χ1) is 9.82. The van der Waals surface area contributed by atoms with Crippen molar-refractivity contribution in [3.05, 3.63) is 29.3 Å². The second kappa shape index (κ2) is 6.26. The van der Waals surface area contributed by atoms with E-state index in [1.54, 1.807) is 12.1 Å². The van der Waals surface area contributed by atoms with Gasteiger partial charge in [-0.3, -0.25) is 0 Å². The second-order valence-electron chi connectivity index (χ2n) is 6.05. The molecule has 2 nitrogen and oxygen atoms in total. The number of hydrogen-bond acceptors (Lipinski definition) is 2. The Balaban J connectivity index is 2.33. The minimum atomic E-state index is -4.33. The predicted octanol–water partition coefficient (Wildman–Crippen LogP) is 3.83. The normalized spacial score (nSPS) is 23.4. The maximum absolute atomic E-state index is 13.2. The standard InChI is InChI=1S/C16H23F3N2/c1-11-6-8-21(12(2)9-11)14-4-3-13(5-7-20)15(10-14)16(17,18)19/h3-4,10-12H,5-9,20H2,1-2H3. The Kier molecular flexibility index (Phi) is 4.81. The lowest BCUT2D eigenvalue weighted by molar-refractivity contribution is -0.138. The van der Waals surface area contributed by atoms with Gasteiger partial charge in [-0.25, -0.2) is 0 Å². The number of piperidine rings is 1. The number of hydrogen-bond donors (Lipinski definition) is 1. The van der Waals surface area contributed by atoms with Gasteiger partial charge in [-0.15, -0.1) is 0 Å². The minimum absolute atomic E-state index is 0.222. The molecule has 2 unspecified atom stereocenters. The van der Waals surface area contributed by atoms with Crippen molar-refractivity contribution in [2.24, 2.45) is 11.7 Å². The van der Waals surface area contributed by atoms with Gasteiger partial charge in [0, 0.05) is 18.3 Å². The van der Waals surface area contributed by atoms with E-state index in [0.29, 0.717) is 11.6 Å². The monoisotopic (exact) mass is 300 g/mol. The molecule has 1 aromatic carbocycles. The molecular weight excluding hydrogens is 277 g/mol. The van der Waals surface area contributed by atoms with Crippen LogP contribution < -0.4 is 10.6 Å². The van der Waals surface area contributed by atoms with Crippen molar-refractivity contribution >= 4 is 5.69 Å². The fraction of sp³-hybridized carbons (Fsp3) is 0.625. The van der Waals surface area contributed by atoms with Crippen LogP contribution in [0.4, 0.5) is 18.9 Å². The number of alkyl halides is 3. The van der Waals surface area contributed by atoms with Crippen molar-refractivity contribution in [2.75, 3.05) is 18.0 Å². The lowest BCUT2D eigenvalue weighted by Gasteiger charge is -2.38. The van der Waals surface area contributed by atoms with Gasteiger partial charge >= 0.3 is 6.18 Å². The van der Waals surface area contributed by atoms with E-state index in [1.807, 2.05) is 0 Å². The lowest BCUT2D eigenvalue weighted by Crippen LogP contribution is -2.40. The van der Waals surface area contributed by atoms with Crippen LogP contribution in [0.2, 0.25) is 0 Å². The fourth-order valence-corrected chi connectivity index (χ4v) is 3.17. The van der Waals surface area contributed by atoms with Crippen molar-refractivity contribution < 1.29 is 13.2 Å². The van der Waals surface area contributed by atoms with Gasteiger partial charge < -0.3 is 10.6 Å². The maximum Gasteiger partial charge on any atom is 0.416 e. The van der Waals surface area contributed by atoms with E-state index < -0.39 is 11.7 Å². The lowest BCUT2D eigenvalue weighted by atomic mass is 9.92. The summed E-state index contributed by atoms with van der Waals surface area (Å²) in [5, 5.41) is 0. The van der Waals surface area contributed by atoms with Gasteiger partial charge in [0.15, 0.2) is 0 Å². The fourth-order valence-electron chi connectivity index (χ4n) is 3.17. The van der Waals surface area contributed by atoms with Gasteiger partial charge in [-0.2, -0.15) is 13.2 Å². The summed E-state index contributed by atoms with van der Waals surface area (Å²) in [6.07, 6.45) is -2.03. The van der Waals surface area contributed by atoms with Gasteiger partial charge in [0.05, 0.1) is 5.56 Å². The molecule has 2 N–H and O–H groups in total. The first-order valence-corrected chi connectivity index (χ1v) is 7.49. The summed E-state index contributed by atoms with van der Waals surface area (Å²) < 4.78 is 39.7. The first kappa shape index (κ1) is 16.1. The number of nitrogens with zero attached hydrogens (tertiary/aromatic N) is 1. The molecule has 5 heteroatoms. The average Bonchev–Trinajstić information content (AvgIpc) is 2.38. The van der Waals surface area contributed by atoms with Crippen molar-refractivity contribution in [3.8, 4) is 0 Å². The smallest absolute Gasteiger partial charge is 0.369 e. The van der Waals surface area contributed by atoms with E-state index in [-0.39, 0.29) is 24.6 Å². The molecule has 1 saturated heterocycles. The molecule has 2 atom stereocenters. The van der Waals surface area contributed by atoms with Crippen LogP contribution >= 0.6 is 0 Å². The van der Waals surface area contributed by atoms with E-state index in [9.17, 15) is 13.2 Å². The summed E-state index contributed by atoms with van der Waals surface area (Å²) in [4.78, 5) is 2.08. The van der Waals surface area contributed by atoms with Gasteiger partial charge in [0.1, 0.15) is 0 Å². The third kappa shape index (κ3) is 3.70. The highest BCUT2D eigenvalue weighted by molar-refractivity contribution is 5.53. The van der Waals surface area contributed by atoms with Gasteiger partial charge in [-0.05, 0) is 56.3 Å². The molecule has 1 heterocycles. The molecule has 1 fully saturated rings. The Labute approximate surface area is 124 Å². The zero-order valence-corrected chi connectivity index (χ0v) is 12.6. The molecule has 0 aromatic heterocycles. The number of anilines is 1. The summed E-state index contributed by atoms with van der Waals surface area (Å²) in [5.41, 5.74) is 5.82. The molecule has 0 spiro atoms. The van der Waals surface area contributed by atoms with Crippen molar-refractivity contribution in [1.82, 2.24) is 0 Å². The third-order valence-corrected chi connectivity index (χ3v) is 4.28. The van der Waals surface area contributed by atoms with Crippen LogP contribution in [-0.2, 0) is 12.6 Å². The highest BCUT2D eigenvalue weighted by atomic mass is 19.4. The summed E-state index contributed by atoms with van der Waals surface area (Å²) in [7, 11) is 0. The van der Waals surface area contributed by atoms with Crippen LogP contribution in [0.15, 0.2) is 18.2 Å². The maximum atomic E-state index is 13.2. The van der Waals surface area contributed by atoms with Crippen molar-refractivity contribution in [2.45, 2.75) is 45.3 Å². The van der Waals surface area contributed by atoms with E-state index in [4.69, 9.17) is 5.73 Å². The van der Waals surface area contributed by atoms with E-state index >= 15 is 0 Å². The number of halogens is 3. The molecule has 0 amide bonds. The van der Waals surface area contributed by atoms with Crippen LogP contribution in [0.3, 0.4) is 0 Å². The molecule has 1 aromatic rings. The second-order valence-corrected chi connectivity index (χ2v) is 6.05. The zero-order valence-electron chi connectivity index (χ0n) is 12.6. The van der Waals surface area contributed by atoms with Crippen LogP contribution in [0.5, 0.6) is 0 Å². The molecule has 1 aliphatic heterocycles. The Morgan fingerprint density at radius 3 is 2.57 bits per heavy atom. The van der Waals surface area contributed by atoms with Gasteiger partial charge in [0.2, 0.25) is 0 Å². The molecular formula is C16H23F3N2. The number of benzene rings is 1. The van der Waals surface area contributed by atoms with Crippen LogP contribution in [0, 0.1) is 5.92 Å². The molecule has 0 saturated carbocycles. The Morgan fingerprint density at radius 2 is 2.00 bits per heavy atom. The topological polar surface area (TPSA) is 29.3 Å². The quantitative estimate of drug-likeness (QED) is 0.919.